The largest absolute Gasteiger partial charge is 0.0913 e. The lowest BCUT2D eigenvalue weighted by molar-refractivity contribution is 0.765. The van der Waals surface area contributed by atoms with Gasteiger partial charge in [-0.25, -0.2) is 0 Å². The standard InChI is InChI=1S/C20H25P/c1-2-3-16-21-19(17-10-6-4-7-11-17)14-15-20(21)18-12-8-5-9-13-18/h4-13,19-20H,2-3,14-16H2,1H3. The molecule has 1 saturated heterocycles. The molecule has 0 amide bonds. The Labute approximate surface area is 130 Å². The minimum absolute atomic E-state index is 0.0696. The van der Waals surface area contributed by atoms with Crippen LogP contribution in [0.5, 0.6) is 0 Å². The van der Waals surface area contributed by atoms with Gasteiger partial charge in [0.15, 0.2) is 0 Å². The van der Waals surface area contributed by atoms with Crippen molar-refractivity contribution in [1.29, 1.82) is 0 Å². The van der Waals surface area contributed by atoms with Crippen molar-refractivity contribution >= 4 is 7.92 Å². The van der Waals surface area contributed by atoms with Crippen LogP contribution in [0.2, 0.25) is 0 Å². The Hall–Kier alpha value is -1.13. The molecule has 0 aromatic heterocycles. The summed E-state index contributed by atoms with van der Waals surface area (Å²) in [7, 11) is 0.0696. The second-order valence-corrected chi connectivity index (χ2v) is 8.74. The average molecular weight is 296 g/mol. The maximum absolute atomic E-state index is 2.35. The smallest absolute Gasteiger partial charge is 0.00476 e. The third kappa shape index (κ3) is 3.38. The zero-order valence-electron chi connectivity index (χ0n) is 12.9. The van der Waals surface area contributed by atoms with Gasteiger partial charge in [-0.2, -0.15) is 0 Å². The van der Waals surface area contributed by atoms with Crippen molar-refractivity contribution in [3.63, 3.8) is 0 Å². The van der Waals surface area contributed by atoms with E-state index in [0.29, 0.717) is 0 Å². The number of hydrogen-bond acceptors (Lipinski definition) is 0. The molecule has 1 aliphatic heterocycles. The Kier molecular flexibility index (Phi) is 5.09. The van der Waals surface area contributed by atoms with Crippen LogP contribution in [-0.4, -0.2) is 6.16 Å². The van der Waals surface area contributed by atoms with E-state index in [1.54, 1.807) is 11.1 Å². The summed E-state index contributed by atoms with van der Waals surface area (Å²) in [6.45, 7) is 2.32. The number of benzene rings is 2. The van der Waals surface area contributed by atoms with Gasteiger partial charge in [0.1, 0.15) is 0 Å². The molecule has 1 heteroatoms. The molecule has 1 aliphatic rings. The molecule has 1 heterocycles. The normalized spacial score (nSPS) is 25.1. The van der Waals surface area contributed by atoms with Crippen LogP contribution >= 0.6 is 7.92 Å². The fourth-order valence-corrected chi connectivity index (χ4v) is 7.39. The SMILES string of the molecule is CCCCP1C(c2ccccc2)CCC1c1ccccc1. The molecule has 2 aromatic rings. The van der Waals surface area contributed by atoms with Crippen molar-refractivity contribution in [2.45, 2.75) is 43.9 Å². The number of rotatable bonds is 5. The molecule has 21 heavy (non-hydrogen) atoms. The molecule has 0 saturated carbocycles. The average Bonchev–Trinajstić information content (AvgIpc) is 2.98. The fraction of sp³-hybridized carbons (Fsp3) is 0.400. The van der Waals surface area contributed by atoms with E-state index in [9.17, 15) is 0 Å². The number of unbranched alkanes of at least 4 members (excludes halogenated alkanes) is 1. The highest BCUT2D eigenvalue weighted by Gasteiger charge is 2.36. The molecule has 0 bridgehead atoms. The van der Waals surface area contributed by atoms with Crippen molar-refractivity contribution in [2.24, 2.45) is 0 Å². The molecule has 0 aliphatic carbocycles. The first-order valence-electron chi connectivity index (χ1n) is 8.25. The van der Waals surface area contributed by atoms with E-state index in [2.05, 4.69) is 67.6 Å². The predicted octanol–water partition coefficient (Wildman–Crippen LogP) is 6.54. The molecule has 2 aromatic carbocycles. The molecule has 0 nitrogen and oxygen atoms in total. The lowest BCUT2D eigenvalue weighted by Gasteiger charge is -2.26. The van der Waals surface area contributed by atoms with Gasteiger partial charge in [-0.15, -0.1) is 0 Å². The second-order valence-electron chi connectivity index (χ2n) is 6.02. The van der Waals surface area contributed by atoms with Gasteiger partial charge in [-0.3, -0.25) is 0 Å². The van der Waals surface area contributed by atoms with E-state index in [4.69, 9.17) is 0 Å². The summed E-state index contributed by atoms with van der Waals surface area (Å²) >= 11 is 0. The van der Waals surface area contributed by atoms with E-state index in [-0.39, 0.29) is 7.92 Å². The van der Waals surface area contributed by atoms with E-state index in [0.717, 1.165) is 11.3 Å². The topological polar surface area (TPSA) is 0 Å². The zero-order chi connectivity index (χ0) is 14.5. The summed E-state index contributed by atoms with van der Waals surface area (Å²) in [4.78, 5) is 0. The van der Waals surface area contributed by atoms with Crippen molar-refractivity contribution in [1.82, 2.24) is 0 Å². The summed E-state index contributed by atoms with van der Waals surface area (Å²) in [5.41, 5.74) is 4.80. The maximum atomic E-state index is 2.35. The summed E-state index contributed by atoms with van der Waals surface area (Å²) in [6, 6.07) is 22.5. The van der Waals surface area contributed by atoms with Gasteiger partial charge in [0, 0.05) is 11.3 Å². The zero-order valence-corrected chi connectivity index (χ0v) is 13.8. The van der Waals surface area contributed by atoms with Gasteiger partial charge in [-0.05, 0) is 36.6 Å². The Bertz CT molecular complexity index is 487. The Morgan fingerprint density at radius 3 is 1.71 bits per heavy atom. The summed E-state index contributed by atoms with van der Waals surface area (Å²) in [5, 5.41) is 0. The molecule has 3 rings (SSSR count). The molecule has 2 unspecified atom stereocenters. The van der Waals surface area contributed by atoms with Gasteiger partial charge in [0.2, 0.25) is 0 Å². The van der Waals surface area contributed by atoms with Crippen LogP contribution in [0, 0.1) is 0 Å². The van der Waals surface area contributed by atoms with Crippen molar-refractivity contribution < 1.29 is 0 Å². The molecule has 0 radical (unpaired) electrons. The van der Waals surface area contributed by atoms with Crippen LogP contribution in [0.4, 0.5) is 0 Å². The quantitative estimate of drug-likeness (QED) is 0.549. The monoisotopic (exact) mass is 296 g/mol. The van der Waals surface area contributed by atoms with E-state index in [1.807, 2.05) is 0 Å². The summed E-state index contributed by atoms with van der Waals surface area (Å²) in [6.07, 6.45) is 6.89. The van der Waals surface area contributed by atoms with Gasteiger partial charge in [0.05, 0.1) is 0 Å². The van der Waals surface area contributed by atoms with Crippen molar-refractivity contribution in [2.75, 3.05) is 6.16 Å². The van der Waals surface area contributed by atoms with E-state index < -0.39 is 0 Å². The molecule has 1 fully saturated rings. The van der Waals surface area contributed by atoms with Crippen LogP contribution in [-0.2, 0) is 0 Å². The first-order valence-corrected chi connectivity index (χ1v) is 9.92. The molecule has 2 atom stereocenters. The first-order chi connectivity index (χ1) is 10.4. The minimum atomic E-state index is 0.0696. The molecule has 110 valence electrons. The second kappa shape index (κ2) is 7.23. The lowest BCUT2D eigenvalue weighted by Crippen LogP contribution is -1.98. The predicted molar refractivity (Wildman–Crippen MR) is 94.3 cm³/mol. The van der Waals surface area contributed by atoms with Crippen molar-refractivity contribution in [3.8, 4) is 0 Å². The van der Waals surface area contributed by atoms with Crippen LogP contribution < -0.4 is 0 Å². The van der Waals surface area contributed by atoms with E-state index in [1.165, 1.54) is 31.8 Å². The third-order valence-electron chi connectivity index (χ3n) is 4.65. The summed E-state index contributed by atoms with van der Waals surface area (Å²) in [5.74, 6) is 0. The lowest BCUT2D eigenvalue weighted by atomic mass is 10.0. The first kappa shape index (κ1) is 14.8. The van der Waals surface area contributed by atoms with Crippen LogP contribution in [0.1, 0.15) is 55.1 Å². The molecular weight excluding hydrogens is 271 g/mol. The third-order valence-corrected chi connectivity index (χ3v) is 8.20. The molecular formula is C20H25P. The Morgan fingerprint density at radius 1 is 0.810 bits per heavy atom. The summed E-state index contributed by atoms with van der Waals surface area (Å²) < 4.78 is 0. The van der Waals surface area contributed by atoms with Crippen LogP contribution in [0.25, 0.3) is 0 Å². The molecule has 0 spiro atoms. The Morgan fingerprint density at radius 2 is 1.29 bits per heavy atom. The minimum Gasteiger partial charge on any atom is -0.0913 e. The van der Waals surface area contributed by atoms with Crippen molar-refractivity contribution in [3.05, 3.63) is 71.8 Å². The Balaban J connectivity index is 1.85. The van der Waals surface area contributed by atoms with Gasteiger partial charge < -0.3 is 0 Å². The van der Waals surface area contributed by atoms with Gasteiger partial charge in [0.25, 0.3) is 0 Å². The van der Waals surface area contributed by atoms with E-state index >= 15 is 0 Å². The molecule has 0 N–H and O–H groups in total. The highest BCUT2D eigenvalue weighted by atomic mass is 31.1. The number of hydrogen-bond donors (Lipinski definition) is 0. The van der Waals surface area contributed by atoms with Crippen LogP contribution in [0.15, 0.2) is 60.7 Å². The highest BCUT2D eigenvalue weighted by molar-refractivity contribution is 7.58. The fourth-order valence-electron chi connectivity index (χ4n) is 3.58. The van der Waals surface area contributed by atoms with Crippen LogP contribution in [0.3, 0.4) is 0 Å². The highest BCUT2D eigenvalue weighted by Crippen LogP contribution is 2.70. The van der Waals surface area contributed by atoms with Gasteiger partial charge >= 0.3 is 0 Å². The maximum Gasteiger partial charge on any atom is 0.00476 e. The van der Waals surface area contributed by atoms with Gasteiger partial charge in [-0.1, -0.05) is 81.9 Å².